The van der Waals surface area contributed by atoms with E-state index in [2.05, 4.69) is 0 Å². The van der Waals surface area contributed by atoms with Crippen molar-refractivity contribution in [3.05, 3.63) is 24.3 Å². The van der Waals surface area contributed by atoms with Crippen LogP contribution in [0.4, 0.5) is 5.69 Å². The molecule has 1 rings (SSSR count). The Hall–Kier alpha value is -1.29. The largest absolute Gasteiger partial charge is 0.497 e. The summed E-state index contributed by atoms with van der Waals surface area (Å²) in [5.74, 6) is 0.820. The van der Waals surface area contributed by atoms with Crippen LogP contribution in [0.5, 0.6) is 5.75 Å². The van der Waals surface area contributed by atoms with Crippen molar-refractivity contribution in [2.24, 2.45) is 5.73 Å². The number of nitrogens with two attached hydrogens (primary N) is 1. The highest BCUT2D eigenvalue weighted by molar-refractivity contribution is 7.80. The highest BCUT2D eigenvalue weighted by Gasteiger charge is 2.02. The molecule has 0 fully saturated rings. The maximum absolute atomic E-state index is 5.46. The lowest BCUT2D eigenvalue weighted by molar-refractivity contribution is 0.415. The molecule has 0 unspecified atom stereocenters. The Morgan fingerprint density at radius 1 is 1.38 bits per heavy atom. The number of nitrogens with zero attached hydrogens (tertiary/aromatic N) is 1. The minimum absolute atomic E-state index is 0.352. The third-order valence-corrected chi connectivity index (χ3v) is 2.06. The van der Waals surface area contributed by atoms with Gasteiger partial charge in [0.05, 0.1) is 7.11 Å². The maximum atomic E-state index is 5.46. The average Bonchev–Trinajstić information content (AvgIpc) is 2.17. The lowest BCUT2D eigenvalue weighted by Gasteiger charge is -2.16. The zero-order valence-corrected chi connectivity index (χ0v) is 8.47. The standard InChI is InChI=1S/C9H12N2OS/c1-11(9(10)13)7-3-5-8(12-2)6-4-7/h3-6H,1-2H3,(H2,10,13). The zero-order valence-electron chi connectivity index (χ0n) is 7.65. The van der Waals surface area contributed by atoms with Crippen molar-refractivity contribution in [3.8, 4) is 5.75 Å². The summed E-state index contributed by atoms with van der Waals surface area (Å²) in [5.41, 5.74) is 6.42. The average molecular weight is 196 g/mol. The summed E-state index contributed by atoms with van der Waals surface area (Å²) in [6, 6.07) is 7.53. The van der Waals surface area contributed by atoms with E-state index in [9.17, 15) is 0 Å². The van der Waals surface area contributed by atoms with E-state index in [-0.39, 0.29) is 0 Å². The number of thiocarbonyl (C=S) groups is 1. The predicted octanol–water partition coefficient (Wildman–Crippen LogP) is 1.38. The lowest BCUT2D eigenvalue weighted by atomic mass is 10.3. The van der Waals surface area contributed by atoms with Crippen LogP contribution in [0, 0.1) is 0 Å². The van der Waals surface area contributed by atoms with Crippen molar-refractivity contribution in [2.45, 2.75) is 0 Å². The fraction of sp³-hybridized carbons (Fsp3) is 0.222. The summed E-state index contributed by atoms with van der Waals surface area (Å²) >= 11 is 4.83. The quantitative estimate of drug-likeness (QED) is 0.725. The molecule has 1 aromatic carbocycles. The Bertz CT molecular complexity index is 297. The summed E-state index contributed by atoms with van der Waals surface area (Å²) in [6.07, 6.45) is 0. The summed E-state index contributed by atoms with van der Waals surface area (Å²) < 4.78 is 5.03. The van der Waals surface area contributed by atoms with Crippen LogP contribution >= 0.6 is 12.2 Å². The first-order chi connectivity index (χ1) is 6.15. The predicted molar refractivity (Wildman–Crippen MR) is 58.2 cm³/mol. The summed E-state index contributed by atoms with van der Waals surface area (Å²) in [4.78, 5) is 1.73. The Kier molecular flexibility index (Phi) is 3.08. The van der Waals surface area contributed by atoms with Crippen LogP contribution < -0.4 is 15.4 Å². The summed E-state index contributed by atoms with van der Waals surface area (Å²) in [7, 11) is 3.45. The lowest BCUT2D eigenvalue weighted by Crippen LogP contribution is -2.31. The van der Waals surface area contributed by atoms with Crippen LogP contribution in [0.1, 0.15) is 0 Å². The SMILES string of the molecule is COc1ccc(N(C)C(N)=S)cc1. The van der Waals surface area contributed by atoms with Crippen LogP contribution in [-0.4, -0.2) is 19.3 Å². The molecule has 3 nitrogen and oxygen atoms in total. The van der Waals surface area contributed by atoms with E-state index < -0.39 is 0 Å². The zero-order chi connectivity index (χ0) is 9.84. The molecule has 0 aromatic heterocycles. The number of hydrogen-bond acceptors (Lipinski definition) is 2. The third kappa shape index (κ3) is 2.32. The van der Waals surface area contributed by atoms with Gasteiger partial charge >= 0.3 is 0 Å². The monoisotopic (exact) mass is 196 g/mol. The van der Waals surface area contributed by atoms with Crippen LogP contribution in [0.3, 0.4) is 0 Å². The van der Waals surface area contributed by atoms with E-state index in [0.29, 0.717) is 5.11 Å². The number of hydrogen-bond donors (Lipinski definition) is 1. The molecule has 1 aromatic rings. The molecular formula is C9H12N2OS. The topological polar surface area (TPSA) is 38.5 Å². The highest BCUT2D eigenvalue weighted by atomic mass is 32.1. The van der Waals surface area contributed by atoms with E-state index in [1.54, 1.807) is 12.0 Å². The van der Waals surface area contributed by atoms with Crippen LogP contribution in [0.25, 0.3) is 0 Å². The first kappa shape index (κ1) is 9.80. The number of ether oxygens (including phenoxy) is 1. The van der Waals surface area contributed by atoms with Gasteiger partial charge in [-0.05, 0) is 36.5 Å². The van der Waals surface area contributed by atoms with Gasteiger partial charge in [-0.2, -0.15) is 0 Å². The molecule has 0 atom stereocenters. The van der Waals surface area contributed by atoms with Gasteiger partial charge in [0.2, 0.25) is 0 Å². The molecule has 0 heterocycles. The molecule has 0 spiro atoms. The molecule has 2 N–H and O–H groups in total. The molecule has 0 bridgehead atoms. The van der Waals surface area contributed by atoms with Crippen molar-refractivity contribution < 1.29 is 4.74 Å². The number of rotatable bonds is 2. The van der Waals surface area contributed by atoms with Crippen molar-refractivity contribution in [1.82, 2.24) is 0 Å². The minimum atomic E-state index is 0.352. The Labute approximate surface area is 83.1 Å². The van der Waals surface area contributed by atoms with Gasteiger partial charge in [0.25, 0.3) is 0 Å². The molecule has 0 amide bonds. The Morgan fingerprint density at radius 3 is 2.31 bits per heavy atom. The van der Waals surface area contributed by atoms with Gasteiger partial charge in [-0.3, -0.25) is 0 Å². The second kappa shape index (κ2) is 4.09. The highest BCUT2D eigenvalue weighted by Crippen LogP contribution is 2.17. The van der Waals surface area contributed by atoms with Crippen LogP contribution in [-0.2, 0) is 0 Å². The molecule has 4 heteroatoms. The van der Waals surface area contributed by atoms with Gasteiger partial charge in [-0.25, -0.2) is 0 Å². The van der Waals surface area contributed by atoms with E-state index in [0.717, 1.165) is 11.4 Å². The third-order valence-electron chi connectivity index (χ3n) is 1.79. The smallest absolute Gasteiger partial charge is 0.170 e. The summed E-state index contributed by atoms with van der Waals surface area (Å²) in [6.45, 7) is 0. The van der Waals surface area contributed by atoms with Gasteiger partial charge < -0.3 is 15.4 Å². The second-order valence-electron chi connectivity index (χ2n) is 2.60. The van der Waals surface area contributed by atoms with Crippen LogP contribution in [0.15, 0.2) is 24.3 Å². The van der Waals surface area contributed by atoms with Gasteiger partial charge in [-0.1, -0.05) is 0 Å². The van der Waals surface area contributed by atoms with Gasteiger partial charge in [0.1, 0.15) is 5.75 Å². The van der Waals surface area contributed by atoms with Crippen molar-refractivity contribution >= 4 is 23.0 Å². The van der Waals surface area contributed by atoms with Gasteiger partial charge in [0, 0.05) is 12.7 Å². The van der Waals surface area contributed by atoms with Crippen LogP contribution in [0.2, 0.25) is 0 Å². The normalized spacial score (nSPS) is 9.38. The summed E-state index contributed by atoms with van der Waals surface area (Å²) in [5, 5.41) is 0.352. The van der Waals surface area contributed by atoms with Crippen molar-refractivity contribution in [2.75, 3.05) is 19.1 Å². The Morgan fingerprint density at radius 2 is 1.92 bits per heavy atom. The van der Waals surface area contributed by atoms with E-state index in [1.165, 1.54) is 0 Å². The number of methoxy groups -OCH3 is 1. The number of benzene rings is 1. The molecular weight excluding hydrogens is 184 g/mol. The van der Waals surface area contributed by atoms with E-state index in [1.807, 2.05) is 31.3 Å². The van der Waals surface area contributed by atoms with Crippen molar-refractivity contribution in [1.29, 1.82) is 0 Å². The van der Waals surface area contributed by atoms with E-state index >= 15 is 0 Å². The first-order valence-corrected chi connectivity index (χ1v) is 4.23. The molecule has 0 radical (unpaired) electrons. The first-order valence-electron chi connectivity index (χ1n) is 3.82. The molecule has 13 heavy (non-hydrogen) atoms. The fourth-order valence-corrected chi connectivity index (χ4v) is 1.04. The van der Waals surface area contributed by atoms with Crippen molar-refractivity contribution in [3.63, 3.8) is 0 Å². The molecule has 0 aliphatic heterocycles. The number of anilines is 1. The van der Waals surface area contributed by atoms with E-state index in [4.69, 9.17) is 22.7 Å². The molecule has 0 aliphatic rings. The molecule has 70 valence electrons. The van der Waals surface area contributed by atoms with Gasteiger partial charge in [0.15, 0.2) is 5.11 Å². The Balaban J connectivity index is 2.85. The molecule has 0 saturated heterocycles. The molecule has 0 aliphatic carbocycles. The minimum Gasteiger partial charge on any atom is -0.497 e. The van der Waals surface area contributed by atoms with Gasteiger partial charge in [-0.15, -0.1) is 0 Å². The second-order valence-corrected chi connectivity index (χ2v) is 3.01. The molecule has 0 saturated carbocycles. The fourth-order valence-electron chi connectivity index (χ4n) is 0.933. The maximum Gasteiger partial charge on any atom is 0.170 e.